The van der Waals surface area contributed by atoms with Crippen molar-refractivity contribution < 1.29 is 19.8 Å². The minimum atomic E-state index is -0.682. The first kappa shape index (κ1) is 22.3. The van der Waals surface area contributed by atoms with E-state index in [0.29, 0.717) is 18.1 Å². The van der Waals surface area contributed by atoms with Gasteiger partial charge in [-0.1, -0.05) is 40.2 Å². The van der Waals surface area contributed by atoms with Crippen LogP contribution >= 0.6 is 0 Å². The van der Waals surface area contributed by atoms with E-state index in [2.05, 4.69) is 34.6 Å². The Labute approximate surface area is 198 Å². The fourth-order valence-corrected chi connectivity index (χ4v) is 10.9. The zero-order valence-corrected chi connectivity index (χ0v) is 21.4. The molecule has 9 atom stereocenters. The van der Waals surface area contributed by atoms with Crippen molar-refractivity contribution in [2.75, 3.05) is 0 Å². The van der Waals surface area contributed by atoms with Crippen LogP contribution in [-0.2, 0) is 9.59 Å². The lowest BCUT2D eigenvalue weighted by atomic mass is 9.22. The molecule has 0 amide bonds. The predicted molar refractivity (Wildman–Crippen MR) is 126 cm³/mol. The first-order chi connectivity index (χ1) is 15.2. The molecule has 0 aromatic heterocycles. The maximum atomic E-state index is 14.0. The predicted octanol–water partition coefficient (Wildman–Crippen LogP) is 5.78. The van der Waals surface area contributed by atoms with Gasteiger partial charge in [0.2, 0.25) is 0 Å². The van der Waals surface area contributed by atoms with Crippen molar-refractivity contribution in [3.8, 4) is 0 Å². The van der Waals surface area contributed by atoms with E-state index in [1.54, 1.807) is 0 Å². The van der Waals surface area contributed by atoms with Gasteiger partial charge in [-0.25, -0.2) is 0 Å². The Bertz CT molecular complexity index is 1010. The number of carbonyl (C=O) groups is 2. The van der Waals surface area contributed by atoms with Crippen LogP contribution in [-0.4, -0.2) is 28.1 Å². The quantitative estimate of drug-likeness (QED) is 0.527. The van der Waals surface area contributed by atoms with Crippen molar-refractivity contribution >= 4 is 11.8 Å². The molecule has 0 aromatic rings. The van der Waals surface area contributed by atoms with Crippen LogP contribution < -0.4 is 0 Å². The van der Waals surface area contributed by atoms with E-state index in [9.17, 15) is 19.8 Å². The Morgan fingerprint density at radius 3 is 2.24 bits per heavy atom. The van der Waals surface area contributed by atoms with Crippen LogP contribution in [0, 0.1) is 50.2 Å². The molecule has 0 aliphatic heterocycles. The summed E-state index contributed by atoms with van der Waals surface area (Å²) in [5.41, 5.74) is 1.81. The number of carboxylic acid groups (broad SMARTS) is 1. The third kappa shape index (κ3) is 2.17. The average molecular weight is 455 g/mol. The molecule has 33 heavy (non-hydrogen) atoms. The highest BCUT2D eigenvalue weighted by Gasteiger charge is 2.82. The summed E-state index contributed by atoms with van der Waals surface area (Å²) in [5.74, 6) is 0.394. The Balaban J connectivity index is 1.45. The normalized spacial score (nSPS) is 56.3. The van der Waals surface area contributed by atoms with Crippen molar-refractivity contribution in [3.63, 3.8) is 0 Å². The van der Waals surface area contributed by atoms with E-state index >= 15 is 0 Å². The van der Waals surface area contributed by atoms with Crippen LogP contribution in [0.4, 0.5) is 0 Å². The van der Waals surface area contributed by atoms with Crippen LogP contribution in [0.15, 0.2) is 11.1 Å². The lowest BCUT2D eigenvalue weighted by Crippen LogP contribution is -2.78. The third-order valence-electron chi connectivity index (χ3n) is 13.1. The molecule has 5 saturated carbocycles. The molecular weight excluding hydrogens is 412 g/mol. The zero-order valence-electron chi connectivity index (χ0n) is 21.4. The van der Waals surface area contributed by atoms with Gasteiger partial charge in [-0.05, 0) is 98.2 Å². The van der Waals surface area contributed by atoms with Gasteiger partial charge in [-0.15, -0.1) is 0 Å². The Kier molecular flexibility index (Phi) is 4.03. The number of rotatable bonds is 1. The molecule has 2 N–H and O–H groups in total. The standard InChI is InChI=1S/C29H42O4/c1-24(2)17-7-10-29-20(21(31)22(29)27(17,5)9-8-18(24)30)19-16-15-26(4,23(32)33)12-11-25(16,3)13-14-28(19,29)6/h16-18,22,30H,7-15H2,1-6H3,(H,32,33)/t16-,17-,18+,22+,25+,26+,27-,28+,29-/m1/s1. The summed E-state index contributed by atoms with van der Waals surface area (Å²) in [7, 11) is 0. The van der Waals surface area contributed by atoms with E-state index in [-0.39, 0.29) is 45.0 Å². The minimum absolute atomic E-state index is 0.00143. The molecule has 6 aliphatic rings. The summed E-state index contributed by atoms with van der Waals surface area (Å²) < 4.78 is 0. The van der Waals surface area contributed by atoms with Crippen molar-refractivity contribution in [3.05, 3.63) is 11.1 Å². The van der Waals surface area contributed by atoms with Gasteiger partial charge in [-0.3, -0.25) is 9.59 Å². The number of allylic oxidation sites excluding steroid dienone is 2. The van der Waals surface area contributed by atoms with E-state index in [4.69, 9.17) is 0 Å². The molecule has 0 aromatic carbocycles. The number of aliphatic hydroxyl groups excluding tert-OH is 1. The second kappa shape index (κ2) is 5.97. The van der Waals surface area contributed by atoms with Crippen LogP contribution in [0.2, 0.25) is 0 Å². The first-order valence-electron chi connectivity index (χ1n) is 13.4. The number of fused-ring (bicyclic) bond motifs is 5. The second-order valence-electron chi connectivity index (χ2n) is 14.6. The van der Waals surface area contributed by atoms with Gasteiger partial charge < -0.3 is 10.2 Å². The maximum Gasteiger partial charge on any atom is 0.309 e. The molecule has 4 nitrogen and oxygen atoms in total. The third-order valence-corrected chi connectivity index (χ3v) is 13.1. The van der Waals surface area contributed by atoms with Crippen molar-refractivity contribution in [2.24, 2.45) is 50.2 Å². The van der Waals surface area contributed by atoms with Gasteiger partial charge in [0.05, 0.1) is 11.5 Å². The lowest BCUT2D eigenvalue weighted by molar-refractivity contribution is -0.228. The summed E-state index contributed by atoms with van der Waals surface area (Å²) in [4.78, 5) is 26.2. The van der Waals surface area contributed by atoms with E-state index < -0.39 is 11.4 Å². The van der Waals surface area contributed by atoms with Crippen LogP contribution in [0.25, 0.3) is 0 Å². The van der Waals surface area contributed by atoms with Crippen LogP contribution in [0.3, 0.4) is 0 Å². The number of aliphatic carboxylic acids is 1. The fraction of sp³-hybridized carbons (Fsp3) is 0.862. The highest BCUT2D eigenvalue weighted by Crippen LogP contribution is 2.85. The fourth-order valence-electron chi connectivity index (χ4n) is 10.9. The van der Waals surface area contributed by atoms with E-state index in [1.165, 1.54) is 5.57 Å². The zero-order chi connectivity index (χ0) is 24.0. The Morgan fingerprint density at radius 1 is 0.909 bits per heavy atom. The number of carboxylic acids is 1. The topological polar surface area (TPSA) is 74.6 Å². The van der Waals surface area contributed by atoms with Gasteiger partial charge >= 0.3 is 5.97 Å². The number of aliphatic hydroxyl groups is 1. The molecule has 182 valence electrons. The lowest BCUT2D eigenvalue weighted by Gasteiger charge is -2.80. The average Bonchev–Trinajstić information content (AvgIpc) is 2.73. The van der Waals surface area contributed by atoms with Gasteiger partial charge in [-0.2, -0.15) is 0 Å². The smallest absolute Gasteiger partial charge is 0.309 e. The maximum absolute atomic E-state index is 14.0. The molecule has 0 unspecified atom stereocenters. The van der Waals surface area contributed by atoms with Gasteiger partial charge in [0, 0.05) is 16.9 Å². The van der Waals surface area contributed by atoms with Gasteiger partial charge in [0.15, 0.2) is 5.78 Å². The highest BCUT2D eigenvalue weighted by molar-refractivity contribution is 6.11. The molecule has 5 fully saturated rings. The first-order valence-corrected chi connectivity index (χ1v) is 13.4. The number of hydrogen-bond donors (Lipinski definition) is 2. The van der Waals surface area contributed by atoms with E-state index in [0.717, 1.165) is 56.9 Å². The molecule has 4 heteroatoms. The molecule has 0 saturated heterocycles. The number of ketones is 1. The summed E-state index contributed by atoms with van der Waals surface area (Å²) in [5, 5.41) is 20.8. The van der Waals surface area contributed by atoms with E-state index in [1.807, 2.05) is 6.92 Å². The van der Waals surface area contributed by atoms with Crippen LogP contribution in [0.5, 0.6) is 0 Å². The summed E-state index contributed by atoms with van der Waals surface area (Å²) in [6.07, 6.45) is 8.26. The van der Waals surface area contributed by atoms with Crippen LogP contribution in [0.1, 0.15) is 99.3 Å². The molecule has 6 aliphatic carbocycles. The summed E-state index contributed by atoms with van der Waals surface area (Å²) in [6.45, 7) is 13.5. The summed E-state index contributed by atoms with van der Waals surface area (Å²) >= 11 is 0. The second-order valence-corrected chi connectivity index (χ2v) is 14.6. The minimum Gasteiger partial charge on any atom is -0.481 e. The van der Waals surface area contributed by atoms with Gasteiger partial charge in [0.25, 0.3) is 0 Å². The number of hydrogen-bond acceptors (Lipinski definition) is 3. The molecular formula is C29H42O4. The monoisotopic (exact) mass is 454 g/mol. The van der Waals surface area contributed by atoms with Gasteiger partial charge in [0.1, 0.15) is 0 Å². The summed E-state index contributed by atoms with van der Waals surface area (Å²) in [6, 6.07) is 0. The molecule has 0 radical (unpaired) electrons. The van der Waals surface area contributed by atoms with Crippen molar-refractivity contribution in [1.82, 2.24) is 0 Å². The molecule has 6 rings (SSSR count). The Morgan fingerprint density at radius 2 is 1.58 bits per heavy atom. The SMILES string of the molecule is CC1(C)[C@H]2CC[C@]34C(=C5[C@H]6C[C@@](C)(C(=O)O)CC[C@@]6(C)CC[C@@]53C)C(=O)[C@H]4[C@]2(C)CC[C@@H]1O. The highest BCUT2D eigenvalue weighted by atomic mass is 16.4. The number of Topliss-reactive ketones (excluding diaryl/α,β-unsaturated/α-hetero) is 1. The largest absolute Gasteiger partial charge is 0.481 e. The van der Waals surface area contributed by atoms with Crippen molar-refractivity contribution in [1.29, 1.82) is 0 Å². The molecule has 0 heterocycles. The number of carbonyl (C=O) groups excluding carboxylic acids is 1. The molecule has 0 bridgehead atoms. The van der Waals surface area contributed by atoms with Crippen molar-refractivity contribution in [2.45, 2.75) is 105 Å². The molecule has 1 spiro atoms. The Hall–Kier alpha value is -1.16.